The minimum absolute atomic E-state index is 0.627. The molecule has 1 nitrogen and oxygen atoms in total. The lowest BCUT2D eigenvalue weighted by atomic mass is 10.3. The molecule has 0 heterocycles. The molecule has 9 heavy (non-hydrogen) atoms. The molecule has 0 aromatic rings. The monoisotopic (exact) mass is 127 g/mol. The van der Waals surface area contributed by atoms with Gasteiger partial charge >= 0.3 is 0 Å². The highest BCUT2D eigenvalue weighted by Gasteiger charge is 1.70. The van der Waals surface area contributed by atoms with E-state index in [2.05, 4.69) is 6.92 Å². The van der Waals surface area contributed by atoms with Gasteiger partial charge in [0.15, 0.2) is 0 Å². The van der Waals surface area contributed by atoms with E-state index in [4.69, 9.17) is 5.41 Å². The minimum Gasteiger partial charge on any atom is -0.306 e. The highest BCUT2D eigenvalue weighted by Crippen LogP contribution is 1.79. The van der Waals surface area contributed by atoms with Crippen LogP contribution in [0.2, 0.25) is 0 Å². The molecule has 0 radical (unpaired) electrons. The van der Waals surface area contributed by atoms with Crippen molar-refractivity contribution in [3.05, 3.63) is 12.2 Å². The summed E-state index contributed by atoms with van der Waals surface area (Å²) < 4.78 is 0. The van der Waals surface area contributed by atoms with Crippen molar-refractivity contribution in [2.75, 3.05) is 0 Å². The Labute approximate surface area is 58.3 Å². The Morgan fingerprint density at radius 2 is 1.89 bits per heavy atom. The van der Waals surface area contributed by atoms with E-state index in [0.717, 1.165) is 6.42 Å². The number of hydrogen-bond donors (Lipinski definition) is 1. The number of nitrogens with one attached hydrogen (secondary N) is 1. The van der Waals surface area contributed by atoms with Crippen LogP contribution in [0.25, 0.3) is 0 Å². The van der Waals surface area contributed by atoms with Gasteiger partial charge in [0.2, 0.25) is 0 Å². The molecule has 0 aromatic carbocycles. The Morgan fingerprint density at radius 1 is 1.44 bits per heavy atom. The highest BCUT2D eigenvalue weighted by atomic mass is 14.4. The van der Waals surface area contributed by atoms with Crippen LogP contribution >= 0.6 is 0 Å². The molecule has 0 saturated carbocycles. The van der Waals surface area contributed by atoms with E-state index in [9.17, 15) is 0 Å². The van der Waals surface area contributed by atoms with Gasteiger partial charge in [-0.05, 0) is 19.4 Å². The maximum absolute atomic E-state index is 6.91. The van der Waals surface area contributed by atoms with E-state index in [-0.39, 0.29) is 0 Å². The molecular formula is C8H17N. The summed E-state index contributed by atoms with van der Waals surface area (Å²) in [6, 6.07) is 0. The minimum atomic E-state index is 0.627. The molecule has 0 rings (SSSR count). The van der Waals surface area contributed by atoms with Gasteiger partial charge in [-0.2, -0.15) is 0 Å². The lowest BCUT2D eigenvalue weighted by Gasteiger charge is -1.77. The van der Waals surface area contributed by atoms with Gasteiger partial charge in [0.25, 0.3) is 0 Å². The Morgan fingerprint density at radius 3 is 2.00 bits per heavy atom. The molecule has 0 fully saturated rings. The number of rotatable bonds is 2. The van der Waals surface area contributed by atoms with E-state index < -0.39 is 0 Å². The van der Waals surface area contributed by atoms with Crippen molar-refractivity contribution in [3.8, 4) is 0 Å². The average Bonchev–Trinajstić information content (AvgIpc) is 1.88. The zero-order valence-corrected chi connectivity index (χ0v) is 6.86. The summed E-state index contributed by atoms with van der Waals surface area (Å²) in [5.74, 6) is 0. The summed E-state index contributed by atoms with van der Waals surface area (Å²) in [6.07, 6.45) is 4.80. The maximum Gasteiger partial charge on any atom is 0.0279 e. The third-order valence-electron chi connectivity index (χ3n) is 0.604. The van der Waals surface area contributed by atoms with Gasteiger partial charge in [0, 0.05) is 5.71 Å². The summed E-state index contributed by atoms with van der Waals surface area (Å²) in [5, 5.41) is 6.91. The smallest absolute Gasteiger partial charge is 0.0279 e. The van der Waals surface area contributed by atoms with Crippen molar-refractivity contribution in [2.24, 2.45) is 0 Å². The Balaban J connectivity index is 0. The summed E-state index contributed by atoms with van der Waals surface area (Å²) in [5.41, 5.74) is 0.627. The van der Waals surface area contributed by atoms with E-state index in [1.165, 1.54) is 0 Å². The molecular weight excluding hydrogens is 110 g/mol. The molecule has 0 aromatic heterocycles. The van der Waals surface area contributed by atoms with Crippen LogP contribution in [0.5, 0.6) is 0 Å². The van der Waals surface area contributed by atoms with Gasteiger partial charge in [-0.15, -0.1) is 0 Å². The fourth-order valence-electron chi connectivity index (χ4n) is 0.295. The molecule has 54 valence electrons. The molecule has 0 aliphatic carbocycles. The Hall–Kier alpha value is -0.590. The lowest BCUT2D eigenvalue weighted by molar-refractivity contribution is 1.22. The first-order valence-electron chi connectivity index (χ1n) is 3.49. The molecule has 0 spiro atoms. The Kier molecular flexibility index (Phi) is 13.0. The maximum atomic E-state index is 6.91. The van der Waals surface area contributed by atoms with Crippen LogP contribution in [0, 0.1) is 5.41 Å². The molecule has 1 heteroatoms. The van der Waals surface area contributed by atoms with Crippen molar-refractivity contribution in [3.63, 3.8) is 0 Å². The second-order valence-corrected chi connectivity index (χ2v) is 1.49. The van der Waals surface area contributed by atoms with Crippen LogP contribution in [0.3, 0.4) is 0 Å². The molecule has 0 atom stereocenters. The SMILES string of the molecule is CC.CC/C=C\C(C)=N. The fraction of sp³-hybridized carbons (Fsp3) is 0.625. The number of hydrogen-bond acceptors (Lipinski definition) is 1. The van der Waals surface area contributed by atoms with Gasteiger partial charge in [-0.1, -0.05) is 26.8 Å². The average molecular weight is 127 g/mol. The van der Waals surface area contributed by atoms with E-state index in [1.54, 1.807) is 13.0 Å². The van der Waals surface area contributed by atoms with Gasteiger partial charge in [0.05, 0.1) is 0 Å². The molecule has 0 unspecified atom stereocenters. The van der Waals surface area contributed by atoms with E-state index in [1.807, 2.05) is 19.9 Å². The quantitative estimate of drug-likeness (QED) is 0.551. The second-order valence-electron chi connectivity index (χ2n) is 1.49. The molecule has 0 bridgehead atoms. The highest BCUT2D eigenvalue weighted by molar-refractivity contribution is 5.89. The summed E-state index contributed by atoms with van der Waals surface area (Å²) in [6.45, 7) is 7.82. The first kappa shape index (κ1) is 11.2. The summed E-state index contributed by atoms with van der Waals surface area (Å²) in [7, 11) is 0. The van der Waals surface area contributed by atoms with E-state index in [0.29, 0.717) is 5.71 Å². The summed E-state index contributed by atoms with van der Waals surface area (Å²) in [4.78, 5) is 0. The lowest BCUT2D eigenvalue weighted by Crippen LogP contribution is -1.75. The molecule has 1 N–H and O–H groups in total. The van der Waals surface area contributed by atoms with Crippen LogP contribution in [0.1, 0.15) is 34.1 Å². The van der Waals surface area contributed by atoms with Crippen molar-refractivity contribution in [1.29, 1.82) is 5.41 Å². The topological polar surface area (TPSA) is 23.9 Å². The van der Waals surface area contributed by atoms with Gasteiger partial charge in [0.1, 0.15) is 0 Å². The van der Waals surface area contributed by atoms with Crippen LogP contribution in [0.15, 0.2) is 12.2 Å². The Bertz CT molecular complexity index is 82.6. The van der Waals surface area contributed by atoms with Gasteiger partial charge in [-0.25, -0.2) is 0 Å². The van der Waals surface area contributed by atoms with Gasteiger partial charge in [-0.3, -0.25) is 0 Å². The molecule has 0 aliphatic heterocycles. The van der Waals surface area contributed by atoms with Crippen LogP contribution < -0.4 is 0 Å². The normalized spacial score (nSPS) is 8.44. The number of allylic oxidation sites excluding steroid dienone is 2. The third kappa shape index (κ3) is 18.7. The predicted molar refractivity (Wildman–Crippen MR) is 44.2 cm³/mol. The van der Waals surface area contributed by atoms with Crippen molar-refractivity contribution >= 4 is 5.71 Å². The van der Waals surface area contributed by atoms with E-state index >= 15 is 0 Å². The second kappa shape index (κ2) is 10.4. The molecule has 0 saturated heterocycles. The first-order chi connectivity index (χ1) is 4.27. The van der Waals surface area contributed by atoms with Crippen molar-refractivity contribution < 1.29 is 0 Å². The summed E-state index contributed by atoms with van der Waals surface area (Å²) >= 11 is 0. The predicted octanol–water partition coefficient (Wildman–Crippen LogP) is 3.02. The third-order valence-corrected chi connectivity index (χ3v) is 0.604. The van der Waals surface area contributed by atoms with Crippen LogP contribution in [-0.4, -0.2) is 5.71 Å². The van der Waals surface area contributed by atoms with Crippen LogP contribution in [-0.2, 0) is 0 Å². The fourth-order valence-corrected chi connectivity index (χ4v) is 0.295. The largest absolute Gasteiger partial charge is 0.306 e. The first-order valence-corrected chi connectivity index (χ1v) is 3.49. The van der Waals surface area contributed by atoms with Crippen LogP contribution in [0.4, 0.5) is 0 Å². The van der Waals surface area contributed by atoms with Crippen molar-refractivity contribution in [2.45, 2.75) is 34.1 Å². The van der Waals surface area contributed by atoms with Gasteiger partial charge < -0.3 is 5.41 Å². The zero-order chi connectivity index (χ0) is 7.70. The standard InChI is InChI=1S/C6H11N.C2H6/c1-3-4-5-6(2)7;1-2/h4-5,7H,3H2,1-2H3;1-2H3/b5-4-,7-6?;. The molecule has 0 aliphatic rings. The zero-order valence-electron chi connectivity index (χ0n) is 6.86. The molecule has 0 amide bonds. The van der Waals surface area contributed by atoms with Crippen molar-refractivity contribution in [1.82, 2.24) is 0 Å².